The summed E-state index contributed by atoms with van der Waals surface area (Å²) in [5, 5.41) is 8.45. The van der Waals surface area contributed by atoms with Crippen LogP contribution in [0.1, 0.15) is 26.3 Å². The van der Waals surface area contributed by atoms with Gasteiger partial charge in [-0.2, -0.15) is 43.7 Å². The Morgan fingerprint density at radius 3 is 1.95 bits per heavy atom. The molecule has 13 nitrogen and oxygen atoms in total. The summed E-state index contributed by atoms with van der Waals surface area (Å²) in [6, 6.07) is 7.95. The number of halogens is 4. The highest BCUT2D eigenvalue weighted by Gasteiger charge is 2.49. The smallest absolute Gasteiger partial charge is 0.464 e. The Labute approximate surface area is 242 Å². The molecule has 238 valence electrons. The molecule has 0 fully saturated rings. The van der Waals surface area contributed by atoms with E-state index in [4.69, 9.17) is 21.6 Å². The topological polar surface area (TPSA) is 189 Å². The van der Waals surface area contributed by atoms with Gasteiger partial charge in [0.1, 0.15) is 0 Å². The van der Waals surface area contributed by atoms with Gasteiger partial charge in [-0.15, -0.1) is 11.6 Å². The molecule has 0 radical (unpaired) electrons. The lowest BCUT2D eigenvalue weighted by Gasteiger charge is -2.13. The molecule has 2 unspecified atom stereocenters. The van der Waals surface area contributed by atoms with Crippen LogP contribution in [0.25, 0.3) is 0 Å². The van der Waals surface area contributed by atoms with Crippen molar-refractivity contribution in [3.63, 3.8) is 0 Å². The zero-order chi connectivity index (χ0) is 32.5. The van der Waals surface area contributed by atoms with Crippen LogP contribution in [-0.4, -0.2) is 87.5 Å². The number of nitriles is 1. The molecule has 0 saturated heterocycles. The minimum atomic E-state index is -5.76. The van der Waals surface area contributed by atoms with Crippen molar-refractivity contribution < 1.29 is 65.2 Å². The minimum Gasteiger partial charge on any atom is -0.464 e. The fourth-order valence-corrected chi connectivity index (χ4v) is 3.97. The van der Waals surface area contributed by atoms with Gasteiger partial charge in [0.15, 0.2) is 12.2 Å². The third-order valence-corrected chi connectivity index (χ3v) is 6.93. The number of esters is 1. The van der Waals surface area contributed by atoms with Crippen molar-refractivity contribution in [1.82, 2.24) is 0 Å². The fourth-order valence-electron chi connectivity index (χ4n) is 1.92. The molecule has 0 aliphatic rings. The van der Waals surface area contributed by atoms with Crippen molar-refractivity contribution in [1.29, 1.82) is 5.26 Å². The van der Waals surface area contributed by atoms with E-state index in [2.05, 4.69) is 17.3 Å². The van der Waals surface area contributed by atoms with Gasteiger partial charge < -0.3 is 9.47 Å². The van der Waals surface area contributed by atoms with Crippen LogP contribution in [0.2, 0.25) is 0 Å². The number of nitrogens with zero attached hydrogens (tertiary/aromatic N) is 1. The number of carbonyl (C=O) groups is 1. The predicted octanol–water partition coefficient (Wildman–Crippen LogP) is 2.63. The number of carbonyl (C=O) groups excluding carboxylic acids is 1. The third-order valence-electron chi connectivity index (χ3n) is 3.68. The van der Waals surface area contributed by atoms with E-state index < -0.39 is 54.0 Å². The van der Waals surface area contributed by atoms with Crippen LogP contribution in [0.15, 0.2) is 29.2 Å². The van der Waals surface area contributed by atoms with Gasteiger partial charge in [-0.05, 0) is 39.8 Å². The van der Waals surface area contributed by atoms with Crippen LogP contribution >= 0.6 is 11.6 Å². The van der Waals surface area contributed by atoms with Crippen LogP contribution < -0.4 is 0 Å². The Balaban J connectivity index is 0. The molecular weight excluding hydrogens is 647 g/mol. The van der Waals surface area contributed by atoms with Gasteiger partial charge in [0.2, 0.25) is 0 Å². The number of hydrogen-bond acceptors (Lipinski definition) is 13. The molecule has 1 aromatic rings. The molecule has 41 heavy (non-hydrogen) atoms. The van der Waals surface area contributed by atoms with E-state index in [1.807, 2.05) is 6.92 Å². The lowest BCUT2D eigenvalue weighted by Crippen LogP contribution is -2.33. The van der Waals surface area contributed by atoms with E-state index in [0.29, 0.717) is 12.5 Å². The quantitative estimate of drug-likeness (QED) is 0.0975. The SMILES string of the molecule is CCOC(=O)C(C)OS(=O)(=O)C(F)(F)F.CS(=O)(=O)OCCOCCCl.Cc1ccc(S(=O)(=O)OC(C)C#N)cc1. The highest BCUT2D eigenvalue weighted by molar-refractivity contribution is 7.87. The number of rotatable bonds is 13. The van der Waals surface area contributed by atoms with Crippen LogP contribution in [-0.2, 0) is 57.2 Å². The molecule has 20 heteroatoms. The summed E-state index contributed by atoms with van der Waals surface area (Å²) in [5.74, 6) is -0.774. The average molecular weight is 678 g/mol. The van der Waals surface area contributed by atoms with Crippen molar-refractivity contribution in [2.45, 2.75) is 50.3 Å². The zero-order valence-electron chi connectivity index (χ0n) is 22.6. The van der Waals surface area contributed by atoms with Crippen LogP contribution in [0.5, 0.6) is 0 Å². The average Bonchev–Trinajstić information content (AvgIpc) is 2.83. The van der Waals surface area contributed by atoms with Crippen LogP contribution in [0.4, 0.5) is 13.2 Å². The summed E-state index contributed by atoms with van der Waals surface area (Å²) in [6.07, 6.45) is -1.80. The maximum atomic E-state index is 11.8. The first-order valence-corrected chi connectivity index (χ1v) is 16.3. The summed E-state index contributed by atoms with van der Waals surface area (Å²) < 4.78 is 122. The molecular formula is C21H31ClF3NO12S3. The van der Waals surface area contributed by atoms with Crippen molar-refractivity contribution in [3.05, 3.63) is 29.8 Å². The summed E-state index contributed by atoms with van der Waals surface area (Å²) in [7, 11) is -12.9. The van der Waals surface area contributed by atoms with Crippen molar-refractivity contribution in [3.8, 4) is 6.07 Å². The second kappa shape index (κ2) is 19.2. The van der Waals surface area contributed by atoms with Gasteiger partial charge in [0, 0.05) is 5.88 Å². The summed E-state index contributed by atoms with van der Waals surface area (Å²) in [6.45, 7) is 6.13. The highest BCUT2D eigenvalue weighted by atomic mass is 35.5. The van der Waals surface area contributed by atoms with Gasteiger partial charge >= 0.3 is 21.6 Å². The fraction of sp³-hybridized carbons (Fsp3) is 0.619. The maximum absolute atomic E-state index is 11.8. The Morgan fingerprint density at radius 1 is 1.00 bits per heavy atom. The van der Waals surface area contributed by atoms with Crippen molar-refractivity contribution in [2.24, 2.45) is 0 Å². The number of ether oxygens (including phenoxy) is 2. The van der Waals surface area contributed by atoms with Crippen molar-refractivity contribution in [2.75, 3.05) is 38.6 Å². The number of benzene rings is 1. The molecule has 0 aliphatic carbocycles. The molecule has 2 atom stereocenters. The zero-order valence-corrected chi connectivity index (χ0v) is 25.8. The molecule has 0 spiro atoms. The standard InChI is InChI=1S/C10H11NO3S.C6H9F3O5S.C5H11ClO4S/c1-8-3-5-10(6-4-8)15(12,13)14-9(2)7-11;1-3-13-5(10)4(2)14-15(11,12)6(7,8)9;1-11(7,8)10-5-4-9-3-2-6/h3-6,9H,1-2H3;4H,3H2,1-2H3;2-5H2,1H3. The molecule has 0 N–H and O–H groups in total. The lowest BCUT2D eigenvalue weighted by atomic mass is 10.2. The van der Waals surface area contributed by atoms with E-state index in [0.717, 1.165) is 18.7 Å². The molecule has 0 amide bonds. The first-order valence-electron chi connectivity index (χ1n) is 11.2. The summed E-state index contributed by atoms with van der Waals surface area (Å²) in [4.78, 5) is 10.8. The van der Waals surface area contributed by atoms with Gasteiger partial charge in [-0.3, -0.25) is 4.18 Å². The molecule has 1 rings (SSSR count). The van der Waals surface area contributed by atoms with Gasteiger partial charge in [-0.1, -0.05) is 17.7 Å². The number of aryl methyl sites for hydroxylation is 1. The first kappa shape index (κ1) is 41.1. The van der Waals surface area contributed by atoms with Gasteiger partial charge in [-0.25, -0.2) is 13.2 Å². The molecule has 0 aliphatic heterocycles. The van der Waals surface area contributed by atoms with Crippen LogP contribution in [0.3, 0.4) is 0 Å². The van der Waals surface area contributed by atoms with Crippen LogP contribution in [0, 0.1) is 18.3 Å². The number of hydrogen-bond donors (Lipinski definition) is 0. The monoisotopic (exact) mass is 677 g/mol. The Kier molecular flexibility index (Phi) is 19.2. The summed E-state index contributed by atoms with van der Waals surface area (Å²) >= 11 is 5.29. The van der Waals surface area contributed by atoms with Gasteiger partial charge in [0.05, 0.1) is 43.6 Å². The lowest BCUT2D eigenvalue weighted by molar-refractivity contribution is -0.151. The maximum Gasteiger partial charge on any atom is 0.523 e. The van der Waals surface area contributed by atoms with E-state index in [9.17, 15) is 43.2 Å². The van der Waals surface area contributed by atoms with E-state index in [-0.39, 0.29) is 24.7 Å². The Bertz CT molecular complexity index is 1280. The first-order chi connectivity index (χ1) is 18.6. The molecule has 0 aromatic heterocycles. The second-order valence-corrected chi connectivity index (χ2v) is 12.5. The Hall–Kier alpha value is -2.05. The number of alkyl halides is 4. The van der Waals surface area contributed by atoms with Crippen molar-refractivity contribution >= 4 is 47.9 Å². The van der Waals surface area contributed by atoms with E-state index >= 15 is 0 Å². The Morgan fingerprint density at radius 2 is 1.54 bits per heavy atom. The highest BCUT2D eigenvalue weighted by Crippen LogP contribution is 2.25. The minimum absolute atomic E-state index is 0.0513. The molecule has 1 aromatic carbocycles. The molecule has 0 saturated carbocycles. The molecule has 0 bridgehead atoms. The van der Waals surface area contributed by atoms with Gasteiger partial charge in [0.25, 0.3) is 20.2 Å². The second-order valence-electron chi connectivity index (χ2n) is 7.35. The van der Waals surface area contributed by atoms with E-state index in [1.54, 1.807) is 18.2 Å². The third kappa shape index (κ3) is 19.7. The largest absolute Gasteiger partial charge is 0.523 e. The predicted molar refractivity (Wildman–Crippen MR) is 139 cm³/mol. The summed E-state index contributed by atoms with van der Waals surface area (Å²) in [5.41, 5.74) is -4.59. The van der Waals surface area contributed by atoms with E-state index in [1.165, 1.54) is 26.0 Å². The normalized spacial score (nSPS) is 13.4. The molecule has 0 heterocycles.